The zero-order chi connectivity index (χ0) is 16.1. The Hall–Kier alpha value is 1.51. The van der Waals surface area contributed by atoms with Crippen molar-refractivity contribution < 1.29 is 69.5 Å². The molecule has 0 amide bonds. The Labute approximate surface area is 180 Å². The van der Waals surface area contributed by atoms with Crippen LogP contribution >= 0.6 is 0 Å². The SMILES string of the molecule is CCCCCCCCCCCC(O)C(CCC)S(=O)(=O)[O-].[K+]. The molecule has 0 spiro atoms. The number of hydrogen-bond donors (Lipinski definition) is 1. The van der Waals surface area contributed by atoms with Gasteiger partial charge in [-0.3, -0.25) is 0 Å². The summed E-state index contributed by atoms with van der Waals surface area (Å²) in [7, 11) is -4.39. The zero-order valence-electron chi connectivity index (χ0n) is 14.7. The average Bonchev–Trinajstić information content (AvgIpc) is 2.41. The summed E-state index contributed by atoms with van der Waals surface area (Å²) in [6.45, 7) is 4.03. The summed E-state index contributed by atoms with van der Waals surface area (Å²) in [5.74, 6) is 0. The van der Waals surface area contributed by atoms with Gasteiger partial charge in [0.2, 0.25) is 0 Å². The minimum Gasteiger partial charge on any atom is -0.748 e. The van der Waals surface area contributed by atoms with Gasteiger partial charge < -0.3 is 9.66 Å². The minimum atomic E-state index is -4.39. The third-order valence-corrected chi connectivity index (χ3v) is 5.27. The fourth-order valence-corrected chi connectivity index (χ4v) is 3.71. The molecule has 0 aromatic rings. The molecule has 0 aromatic carbocycles. The van der Waals surface area contributed by atoms with Gasteiger partial charge in [0.25, 0.3) is 0 Å². The molecule has 2 atom stereocenters. The van der Waals surface area contributed by atoms with E-state index in [9.17, 15) is 18.1 Å². The van der Waals surface area contributed by atoms with Crippen molar-refractivity contribution in [3.05, 3.63) is 0 Å². The molecule has 128 valence electrons. The smallest absolute Gasteiger partial charge is 0.748 e. The largest absolute Gasteiger partial charge is 1.00 e. The van der Waals surface area contributed by atoms with Crippen LogP contribution < -0.4 is 51.4 Å². The van der Waals surface area contributed by atoms with Crippen LogP contribution in [0.5, 0.6) is 0 Å². The first-order chi connectivity index (χ1) is 9.93. The van der Waals surface area contributed by atoms with Gasteiger partial charge in [-0.1, -0.05) is 78.1 Å². The topological polar surface area (TPSA) is 77.4 Å². The third-order valence-electron chi connectivity index (χ3n) is 3.98. The molecular formula is C16H33KO4S. The van der Waals surface area contributed by atoms with Crippen LogP contribution in [0.1, 0.15) is 90.9 Å². The molecule has 22 heavy (non-hydrogen) atoms. The monoisotopic (exact) mass is 360 g/mol. The first-order valence-electron chi connectivity index (χ1n) is 8.56. The van der Waals surface area contributed by atoms with Crippen LogP contribution in [0.3, 0.4) is 0 Å². The summed E-state index contributed by atoms with van der Waals surface area (Å²) in [6.07, 6.45) is 10.8. The fourth-order valence-electron chi connectivity index (χ4n) is 2.66. The maximum atomic E-state index is 11.1. The van der Waals surface area contributed by atoms with E-state index in [0.29, 0.717) is 12.8 Å². The zero-order valence-corrected chi connectivity index (χ0v) is 18.7. The molecule has 0 aliphatic rings. The first-order valence-corrected chi connectivity index (χ1v) is 10.0. The van der Waals surface area contributed by atoms with E-state index in [-0.39, 0.29) is 57.8 Å². The van der Waals surface area contributed by atoms with E-state index in [4.69, 9.17) is 0 Å². The summed E-state index contributed by atoms with van der Waals surface area (Å²) >= 11 is 0. The van der Waals surface area contributed by atoms with Crippen LogP contribution in [0.25, 0.3) is 0 Å². The molecule has 6 heteroatoms. The van der Waals surface area contributed by atoms with Crippen molar-refractivity contribution in [3.8, 4) is 0 Å². The normalized spacial score (nSPS) is 14.4. The van der Waals surface area contributed by atoms with E-state index in [2.05, 4.69) is 6.92 Å². The Bertz CT molecular complexity index is 333. The average molecular weight is 361 g/mol. The van der Waals surface area contributed by atoms with Crippen molar-refractivity contribution >= 4 is 10.1 Å². The van der Waals surface area contributed by atoms with Crippen molar-refractivity contribution in [3.63, 3.8) is 0 Å². The fraction of sp³-hybridized carbons (Fsp3) is 1.00. The van der Waals surface area contributed by atoms with Gasteiger partial charge in [-0.2, -0.15) is 0 Å². The maximum Gasteiger partial charge on any atom is 1.00 e. The predicted molar refractivity (Wildman–Crippen MR) is 86.2 cm³/mol. The Kier molecular flexibility index (Phi) is 18.7. The molecule has 0 bridgehead atoms. The van der Waals surface area contributed by atoms with E-state index < -0.39 is 21.5 Å². The molecule has 1 N–H and O–H groups in total. The standard InChI is InChI=1S/C16H34O4S.K/c1-3-5-6-7-8-9-10-11-12-14-15(17)16(13-4-2)21(18,19)20;/h15-17H,3-14H2,1-2H3,(H,18,19,20);/q;+1/p-1. The summed E-state index contributed by atoms with van der Waals surface area (Å²) in [5.41, 5.74) is 0. The number of aliphatic hydroxyl groups is 1. The summed E-state index contributed by atoms with van der Waals surface area (Å²) < 4.78 is 33.3. The summed E-state index contributed by atoms with van der Waals surface area (Å²) in [5, 5.41) is 8.77. The molecule has 0 rings (SSSR count). The molecule has 0 saturated heterocycles. The molecule has 0 radical (unpaired) electrons. The number of unbranched alkanes of at least 4 members (excludes halogenated alkanes) is 8. The van der Waals surface area contributed by atoms with Crippen LogP contribution in [-0.4, -0.2) is 29.4 Å². The van der Waals surface area contributed by atoms with Crippen molar-refractivity contribution in [2.24, 2.45) is 0 Å². The predicted octanol–water partition coefficient (Wildman–Crippen LogP) is 0.986. The number of hydrogen-bond acceptors (Lipinski definition) is 4. The van der Waals surface area contributed by atoms with E-state index >= 15 is 0 Å². The van der Waals surface area contributed by atoms with E-state index in [1.54, 1.807) is 0 Å². The van der Waals surface area contributed by atoms with Gasteiger partial charge in [-0.05, 0) is 12.8 Å². The molecule has 4 nitrogen and oxygen atoms in total. The Morgan fingerprint density at radius 2 is 1.27 bits per heavy atom. The van der Waals surface area contributed by atoms with E-state index in [1.165, 1.54) is 38.5 Å². The second-order valence-electron chi connectivity index (χ2n) is 6.00. The molecule has 2 unspecified atom stereocenters. The van der Waals surface area contributed by atoms with Crippen LogP contribution in [0.2, 0.25) is 0 Å². The van der Waals surface area contributed by atoms with Gasteiger partial charge in [0.15, 0.2) is 0 Å². The molecule has 0 heterocycles. The van der Waals surface area contributed by atoms with Crippen molar-refractivity contribution in [1.29, 1.82) is 0 Å². The van der Waals surface area contributed by atoms with Gasteiger partial charge in [0.1, 0.15) is 10.1 Å². The Balaban J connectivity index is 0. The molecule has 0 aliphatic heterocycles. The van der Waals surface area contributed by atoms with Crippen molar-refractivity contribution in [2.45, 2.75) is 102 Å². The van der Waals surface area contributed by atoms with Crippen LogP contribution in [0.4, 0.5) is 0 Å². The van der Waals surface area contributed by atoms with Crippen LogP contribution in [0, 0.1) is 0 Å². The Morgan fingerprint density at radius 3 is 1.68 bits per heavy atom. The molecule has 0 aliphatic carbocycles. The summed E-state index contributed by atoms with van der Waals surface area (Å²) in [4.78, 5) is 0. The van der Waals surface area contributed by atoms with E-state index in [1.807, 2.05) is 6.92 Å². The van der Waals surface area contributed by atoms with Crippen molar-refractivity contribution in [2.75, 3.05) is 0 Å². The molecule has 0 aromatic heterocycles. The maximum absolute atomic E-state index is 11.1. The van der Waals surface area contributed by atoms with Gasteiger partial charge in [0, 0.05) is 0 Å². The van der Waals surface area contributed by atoms with Gasteiger partial charge in [0.05, 0.1) is 11.4 Å². The number of aliphatic hydroxyl groups excluding tert-OH is 1. The molecule has 0 saturated carbocycles. The summed E-state index contributed by atoms with van der Waals surface area (Å²) in [6, 6.07) is 0. The second-order valence-corrected chi connectivity index (χ2v) is 7.60. The van der Waals surface area contributed by atoms with Crippen molar-refractivity contribution in [1.82, 2.24) is 0 Å². The third kappa shape index (κ3) is 13.9. The second kappa shape index (κ2) is 16.0. The quantitative estimate of drug-likeness (QED) is 0.285. The van der Waals surface area contributed by atoms with Crippen LogP contribution in [0.15, 0.2) is 0 Å². The van der Waals surface area contributed by atoms with Gasteiger partial charge in [-0.15, -0.1) is 0 Å². The van der Waals surface area contributed by atoms with Gasteiger partial charge in [-0.25, -0.2) is 8.42 Å². The number of rotatable bonds is 14. The van der Waals surface area contributed by atoms with E-state index in [0.717, 1.165) is 19.3 Å². The molecular weight excluding hydrogens is 327 g/mol. The van der Waals surface area contributed by atoms with Crippen LogP contribution in [-0.2, 0) is 10.1 Å². The van der Waals surface area contributed by atoms with Gasteiger partial charge >= 0.3 is 51.4 Å². The minimum absolute atomic E-state index is 0. The Morgan fingerprint density at radius 1 is 0.818 bits per heavy atom. The first kappa shape index (κ1) is 25.7. The molecule has 0 fully saturated rings.